The Bertz CT molecular complexity index is 475. The fraction of sp³-hybridized carbons (Fsp3) is 0.500. The van der Waals surface area contributed by atoms with Crippen LogP contribution in [0.25, 0.3) is 0 Å². The van der Waals surface area contributed by atoms with Crippen molar-refractivity contribution in [3.05, 3.63) is 24.5 Å². The zero-order chi connectivity index (χ0) is 15.1. The van der Waals surface area contributed by atoms with Gasteiger partial charge in [0.25, 0.3) is 0 Å². The van der Waals surface area contributed by atoms with E-state index in [1.54, 1.807) is 12.4 Å². The van der Waals surface area contributed by atoms with Crippen LogP contribution < -0.4 is 0 Å². The summed E-state index contributed by atoms with van der Waals surface area (Å²) in [5.41, 5.74) is 0. The molecule has 2 rings (SSSR count). The number of likely N-dealkylation sites (tertiary alicyclic amines) is 1. The molecule has 7 heteroatoms. The van der Waals surface area contributed by atoms with Crippen LogP contribution >= 0.6 is 11.8 Å². The molecule has 1 fully saturated rings. The van der Waals surface area contributed by atoms with Gasteiger partial charge in [-0.15, -0.1) is 11.8 Å². The number of carbonyl (C=O) groups is 2. The molecule has 0 aliphatic carbocycles. The molecule has 114 valence electrons. The lowest BCUT2D eigenvalue weighted by atomic mass is 10.1. The Morgan fingerprint density at radius 3 is 2.62 bits per heavy atom. The van der Waals surface area contributed by atoms with Crippen LogP contribution in [0.2, 0.25) is 0 Å². The molecule has 1 aromatic heterocycles. The molecule has 6 nitrogen and oxygen atoms in total. The first kappa shape index (κ1) is 15.8. The minimum absolute atomic E-state index is 0.0574. The maximum absolute atomic E-state index is 12.1. The number of carbonyl (C=O) groups excluding carboxylic acids is 1. The zero-order valence-corrected chi connectivity index (χ0v) is 12.4. The third-order valence-corrected chi connectivity index (χ3v) is 4.25. The maximum atomic E-state index is 12.1. The standard InChI is InChI=1S/C14H18N2O4S/c17-13(10-21-12-1-5-15-6-2-12)16-7-3-11(4-8-16)20-9-14(18)19/h1-2,5-6,11H,3-4,7-10H2,(H,18,19). The second-order valence-corrected chi connectivity index (χ2v) is 5.81. The van der Waals surface area contributed by atoms with Crippen molar-refractivity contribution < 1.29 is 19.4 Å². The summed E-state index contributed by atoms with van der Waals surface area (Å²) >= 11 is 1.50. The van der Waals surface area contributed by atoms with Crippen molar-refractivity contribution in [3.63, 3.8) is 0 Å². The van der Waals surface area contributed by atoms with Crippen LogP contribution in [-0.4, -0.2) is 58.4 Å². The molecule has 1 amide bonds. The highest BCUT2D eigenvalue weighted by Crippen LogP contribution is 2.19. The maximum Gasteiger partial charge on any atom is 0.329 e. The van der Waals surface area contributed by atoms with Gasteiger partial charge in [0.2, 0.25) is 5.91 Å². The van der Waals surface area contributed by atoms with E-state index < -0.39 is 5.97 Å². The number of carboxylic acid groups (broad SMARTS) is 1. The number of aromatic nitrogens is 1. The summed E-state index contributed by atoms with van der Waals surface area (Å²) < 4.78 is 5.25. The van der Waals surface area contributed by atoms with Gasteiger partial charge in [0.05, 0.1) is 11.9 Å². The Morgan fingerprint density at radius 1 is 1.33 bits per heavy atom. The summed E-state index contributed by atoms with van der Waals surface area (Å²) in [6, 6.07) is 3.76. The molecule has 0 bridgehead atoms. The molecule has 0 spiro atoms. The van der Waals surface area contributed by atoms with Crippen molar-refractivity contribution >= 4 is 23.6 Å². The third kappa shape index (κ3) is 5.35. The first-order valence-electron chi connectivity index (χ1n) is 6.79. The molecule has 1 saturated heterocycles. The van der Waals surface area contributed by atoms with Crippen molar-refractivity contribution in [2.24, 2.45) is 0 Å². The number of hydrogen-bond acceptors (Lipinski definition) is 5. The van der Waals surface area contributed by atoms with E-state index in [0.29, 0.717) is 31.7 Å². The normalized spacial score (nSPS) is 15.9. The molecule has 21 heavy (non-hydrogen) atoms. The number of aliphatic carboxylic acids is 1. The van der Waals surface area contributed by atoms with Crippen molar-refractivity contribution in [1.82, 2.24) is 9.88 Å². The topological polar surface area (TPSA) is 79.7 Å². The fourth-order valence-corrected chi connectivity index (χ4v) is 2.92. The predicted molar refractivity (Wildman–Crippen MR) is 78.2 cm³/mol. The molecule has 0 atom stereocenters. The van der Waals surface area contributed by atoms with Crippen molar-refractivity contribution in [1.29, 1.82) is 0 Å². The summed E-state index contributed by atoms with van der Waals surface area (Å²) in [4.78, 5) is 29.3. The Hall–Kier alpha value is -1.60. The van der Waals surface area contributed by atoms with E-state index in [4.69, 9.17) is 9.84 Å². The van der Waals surface area contributed by atoms with Crippen LogP contribution in [0.5, 0.6) is 0 Å². The Balaban J connectivity index is 1.69. The third-order valence-electron chi connectivity index (χ3n) is 3.25. The van der Waals surface area contributed by atoms with Crippen molar-refractivity contribution in [2.45, 2.75) is 23.8 Å². The molecule has 0 saturated carbocycles. The summed E-state index contributed by atoms with van der Waals surface area (Å²) in [5, 5.41) is 8.57. The number of pyridine rings is 1. The Kier molecular flexibility index (Phi) is 6.01. The van der Waals surface area contributed by atoms with Gasteiger partial charge in [-0.3, -0.25) is 9.78 Å². The number of carboxylic acids is 1. The summed E-state index contributed by atoms with van der Waals surface area (Å²) in [7, 11) is 0. The Labute approximate surface area is 127 Å². The summed E-state index contributed by atoms with van der Waals surface area (Å²) in [5.74, 6) is -0.444. The molecule has 2 heterocycles. The molecular weight excluding hydrogens is 292 g/mol. The lowest BCUT2D eigenvalue weighted by Gasteiger charge is -2.31. The number of rotatable bonds is 6. The first-order valence-corrected chi connectivity index (χ1v) is 7.77. The minimum Gasteiger partial charge on any atom is -0.480 e. The van der Waals surface area contributed by atoms with Gasteiger partial charge in [0, 0.05) is 30.4 Å². The monoisotopic (exact) mass is 310 g/mol. The van der Waals surface area contributed by atoms with Gasteiger partial charge in [-0.25, -0.2) is 4.79 Å². The predicted octanol–water partition coefficient (Wildman–Crippen LogP) is 1.27. The van der Waals surface area contributed by atoms with Gasteiger partial charge in [-0.05, 0) is 25.0 Å². The first-order chi connectivity index (χ1) is 10.1. The van der Waals surface area contributed by atoms with E-state index in [9.17, 15) is 9.59 Å². The minimum atomic E-state index is -0.956. The fourth-order valence-electron chi connectivity index (χ4n) is 2.13. The lowest BCUT2D eigenvalue weighted by molar-refractivity contribution is -0.146. The summed E-state index contributed by atoms with van der Waals surface area (Å²) in [6.07, 6.45) is 4.74. The van der Waals surface area contributed by atoms with E-state index >= 15 is 0 Å². The molecule has 0 unspecified atom stereocenters. The lowest BCUT2D eigenvalue weighted by Crippen LogP contribution is -2.42. The van der Waals surface area contributed by atoms with E-state index in [-0.39, 0.29) is 18.6 Å². The van der Waals surface area contributed by atoms with Gasteiger partial charge in [-0.1, -0.05) is 0 Å². The van der Waals surface area contributed by atoms with Crippen LogP contribution in [-0.2, 0) is 14.3 Å². The van der Waals surface area contributed by atoms with Gasteiger partial charge >= 0.3 is 5.97 Å². The van der Waals surface area contributed by atoms with Crippen LogP contribution in [0.3, 0.4) is 0 Å². The molecular formula is C14H18N2O4S. The highest BCUT2D eigenvalue weighted by Gasteiger charge is 2.23. The largest absolute Gasteiger partial charge is 0.480 e. The van der Waals surface area contributed by atoms with E-state index in [1.807, 2.05) is 17.0 Å². The van der Waals surface area contributed by atoms with Gasteiger partial charge in [0.1, 0.15) is 6.61 Å². The van der Waals surface area contributed by atoms with E-state index in [1.165, 1.54) is 11.8 Å². The highest BCUT2D eigenvalue weighted by atomic mass is 32.2. The van der Waals surface area contributed by atoms with Gasteiger partial charge in [0.15, 0.2) is 0 Å². The van der Waals surface area contributed by atoms with Crippen molar-refractivity contribution in [2.75, 3.05) is 25.4 Å². The van der Waals surface area contributed by atoms with Crippen LogP contribution in [0.1, 0.15) is 12.8 Å². The number of thioether (sulfide) groups is 1. The second-order valence-electron chi connectivity index (χ2n) is 4.76. The van der Waals surface area contributed by atoms with Crippen LogP contribution in [0.4, 0.5) is 0 Å². The second kappa shape index (κ2) is 7.99. The Morgan fingerprint density at radius 2 is 2.00 bits per heavy atom. The summed E-state index contributed by atoms with van der Waals surface area (Å²) in [6.45, 7) is 0.983. The molecule has 0 aromatic carbocycles. The number of nitrogens with zero attached hydrogens (tertiary/aromatic N) is 2. The molecule has 0 radical (unpaired) electrons. The molecule has 1 aliphatic rings. The zero-order valence-electron chi connectivity index (χ0n) is 11.6. The van der Waals surface area contributed by atoms with E-state index in [0.717, 1.165) is 4.90 Å². The van der Waals surface area contributed by atoms with Crippen molar-refractivity contribution in [3.8, 4) is 0 Å². The smallest absolute Gasteiger partial charge is 0.329 e. The number of ether oxygens (including phenoxy) is 1. The highest BCUT2D eigenvalue weighted by molar-refractivity contribution is 8.00. The average Bonchev–Trinajstić information content (AvgIpc) is 2.52. The van der Waals surface area contributed by atoms with Crippen LogP contribution in [0.15, 0.2) is 29.4 Å². The van der Waals surface area contributed by atoms with Gasteiger partial charge < -0.3 is 14.7 Å². The average molecular weight is 310 g/mol. The molecule has 1 aliphatic heterocycles. The molecule has 1 aromatic rings. The number of hydrogen-bond donors (Lipinski definition) is 1. The van der Waals surface area contributed by atoms with E-state index in [2.05, 4.69) is 4.98 Å². The van der Waals surface area contributed by atoms with Crippen LogP contribution in [0, 0.1) is 0 Å². The molecule has 1 N–H and O–H groups in total. The number of amides is 1. The number of piperidine rings is 1. The van der Waals surface area contributed by atoms with Gasteiger partial charge in [-0.2, -0.15) is 0 Å². The SMILES string of the molecule is O=C(O)COC1CCN(C(=O)CSc2ccncc2)CC1. The quantitative estimate of drug-likeness (QED) is 0.797.